The van der Waals surface area contributed by atoms with Crippen molar-refractivity contribution in [3.8, 4) is 0 Å². The maximum Gasteiger partial charge on any atom is 0.338 e. The van der Waals surface area contributed by atoms with Crippen molar-refractivity contribution in [1.29, 1.82) is 0 Å². The maximum absolute atomic E-state index is 11.8. The van der Waals surface area contributed by atoms with Gasteiger partial charge in [0, 0.05) is 11.1 Å². The van der Waals surface area contributed by atoms with Crippen molar-refractivity contribution in [2.45, 2.75) is 0 Å². The van der Waals surface area contributed by atoms with Gasteiger partial charge in [-0.2, -0.15) is 0 Å². The summed E-state index contributed by atoms with van der Waals surface area (Å²) >= 11 is 0. The highest BCUT2D eigenvalue weighted by Crippen LogP contribution is 2.06. The van der Waals surface area contributed by atoms with E-state index in [1.165, 1.54) is 24.3 Å². The zero-order valence-corrected chi connectivity index (χ0v) is 11.0. The SMILES string of the molecule is [2H]C(=O)c1ccc(C(=O)OCC(=O)c2ccc([B])cc2)cc1. The highest BCUT2D eigenvalue weighted by molar-refractivity contribution is 6.32. The molecule has 0 N–H and O–H groups in total. The molecule has 0 fully saturated rings. The topological polar surface area (TPSA) is 60.4 Å². The minimum absolute atomic E-state index is 0.175. The maximum atomic E-state index is 11.8. The number of ether oxygens (including phenoxy) is 1. The smallest absolute Gasteiger partial charge is 0.338 e. The number of hydrogen-bond acceptors (Lipinski definition) is 4. The van der Waals surface area contributed by atoms with Gasteiger partial charge >= 0.3 is 5.97 Å². The van der Waals surface area contributed by atoms with Crippen LogP contribution in [0.5, 0.6) is 0 Å². The number of rotatable bonds is 5. The number of benzene rings is 2. The molecule has 0 aliphatic carbocycles. The Balaban J connectivity index is 1.96. The Bertz CT molecular complexity index is 708. The molecule has 0 amide bonds. The molecule has 2 radical (unpaired) electrons. The molecule has 0 atom stereocenters. The van der Waals surface area contributed by atoms with E-state index < -0.39 is 12.2 Å². The van der Waals surface area contributed by atoms with Crippen LogP contribution in [0.15, 0.2) is 48.5 Å². The van der Waals surface area contributed by atoms with Crippen LogP contribution in [-0.4, -0.2) is 32.5 Å². The molecule has 0 heterocycles. The molecule has 0 aliphatic heterocycles. The van der Waals surface area contributed by atoms with Gasteiger partial charge in [0.15, 0.2) is 12.4 Å². The molecule has 0 saturated carbocycles. The van der Waals surface area contributed by atoms with Crippen molar-refractivity contribution in [3.63, 3.8) is 0 Å². The Hall–Kier alpha value is -2.69. The molecular weight excluding hydrogens is 267 g/mol. The summed E-state index contributed by atoms with van der Waals surface area (Å²) < 4.78 is 11.9. The van der Waals surface area contributed by atoms with Crippen LogP contribution in [0, 0.1) is 0 Å². The predicted octanol–water partition coefficient (Wildman–Crippen LogP) is 1.33. The van der Waals surface area contributed by atoms with Crippen LogP contribution in [-0.2, 0) is 4.74 Å². The number of Topliss-reactive ketones (excluding diaryl/α,β-unsaturated/α-hetero) is 1. The molecule has 0 unspecified atom stereocenters. The Labute approximate surface area is 124 Å². The van der Waals surface area contributed by atoms with E-state index in [-0.39, 0.29) is 23.5 Å². The molecule has 0 spiro atoms. The van der Waals surface area contributed by atoms with E-state index in [2.05, 4.69) is 0 Å². The van der Waals surface area contributed by atoms with Gasteiger partial charge in [0.25, 0.3) is 0 Å². The molecule has 2 aromatic rings. The van der Waals surface area contributed by atoms with Crippen LogP contribution >= 0.6 is 0 Å². The van der Waals surface area contributed by atoms with Gasteiger partial charge in [0.1, 0.15) is 15.5 Å². The molecule has 2 aromatic carbocycles. The largest absolute Gasteiger partial charge is 0.454 e. The van der Waals surface area contributed by atoms with E-state index in [0.717, 1.165) is 0 Å². The van der Waals surface area contributed by atoms with Crippen LogP contribution < -0.4 is 5.46 Å². The number of hydrogen-bond donors (Lipinski definition) is 0. The first-order valence-electron chi connectivity index (χ1n) is 6.64. The molecule has 4 nitrogen and oxygen atoms in total. The van der Waals surface area contributed by atoms with Crippen molar-refractivity contribution in [1.82, 2.24) is 0 Å². The number of esters is 1. The van der Waals surface area contributed by atoms with Crippen molar-refractivity contribution in [2.24, 2.45) is 0 Å². The van der Waals surface area contributed by atoms with Crippen LogP contribution in [0.3, 0.4) is 0 Å². The first kappa shape index (κ1) is 13.3. The third-order valence-electron chi connectivity index (χ3n) is 2.81. The van der Waals surface area contributed by atoms with Crippen LogP contribution in [0.1, 0.15) is 32.4 Å². The first-order chi connectivity index (χ1) is 10.5. The fraction of sp³-hybridized carbons (Fsp3) is 0.0625. The molecule has 0 bridgehead atoms. The second-order valence-electron chi connectivity index (χ2n) is 4.30. The Kier molecular flexibility index (Phi) is 4.22. The average molecular weight is 279 g/mol. The molecule has 5 heteroatoms. The van der Waals surface area contributed by atoms with E-state index in [1.54, 1.807) is 24.3 Å². The molecule has 0 aliphatic rings. The summed E-state index contributed by atoms with van der Waals surface area (Å²) in [7, 11) is 5.52. The van der Waals surface area contributed by atoms with E-state index in [1.807, 2.05) is 0 Å². The zero-order valence-electron chi connectivity index (χ0n) is 12.0. The third kappa shape index (κ3) is 3.89. The van der Waals surface area contributed by atoms with Crippen LogP contribution in [0.2, 0.25) is 0 Å². The van der Waals surface area contributed by atoms with Gasteiger partial charge in [0.2, 0.25) is 0 Å². The van der Waals surface area contributed by atoms with Gasteiger partial charge < -0.3 is 4.74 Å². The number of carbonyl (C=O) groups excluding carboxylic acids is 3. The average Bonchev–Trinajstić information content (AvgIpc) is 2.53. The number of aldehydes is 1. The number of ketones is 1. The number of carbonyl (C=O) groups is 3. The predicted molar refractivity (Wildman–Crippen MR) is 78.3 cm³/mol. The summed E-state index contributed by atoms with van der Waals surface area (Å²) in [4.78, 5) is 34.5. The first-order valence-corrected chi connectivity index (χ1v) is 6.14. The van der Waals surface area contributed by atoms with Crippen molar-refractivity contribution in [3.05, 3.63) is 65.2 Å². The molecular formula is C16H11BO4. The van der Waals surface area contributed by atoms with Crippen LogP contribution in [0.4, 0.5) is 0 Å². The summed E-state index contributed by atoms with van der Waals surface area (Å²) in [6.07, 6.45) is -0.835. The Morgan fingerprint density at radius 3 is 2.19 bits per heavy atom. The standard InChI is InChI=1S/C16H11BO4/c17-14-7-5-12(6-8-14)15(19)10-21-16(20)13-3-1-11(9-18)2-4-13/h1-9H,10H2/i9D. The summed E-state index contributed by atoms with van der Waals surface area (Å²) in [5.74, 6) is -1.01. The minimum atomic E-state index is -0.835. The second kappa shape index (κ2) is 6.66. The lowest BCUT2D eigenvalue weighted by Gasteiger charge is -2.05. The molecule has 102 valence electrons. The Morgan fingerprint density at radius 1 is 1.05 bits per heavy atom. The van der Waals surface area contributed by atoms with Gasteiger partial charge in [-0.05, 0) is 12.1 Å². The van der Waals surface area contributed by atoms with Gasteiger partial charge in [-0.25, -0.2) is 4.79 Å². The highest BCUT2D eigenvalue weighted by Gasteiger charge is 2.11. The summed E-state index contributed by atoms with van der Waals surface area (Å²) in [5, 5.41) is 0. The van der Waals surface area contributed by atoms with Crippen molar-refractivity contribution in [2.75, 3.05) is 6.61 Å². The minimum Gasteiger partial charge on any atom is -0.454 e. The van der Waals surface area contributed by atoms with Crippen LogP contribution in [0.25, 0.3) is 0 Å². The zero-order chi connectivity index (χ0) is 16.1. The summed E-state index contributed by atoms with van der Waals surface area (Å²) in [6, 6.07) is 11.7. The second-order valence-corrected chi connectivity index (χ2v) is 4.30. The monoisotopic (exact) mass is 279 g/mol. The summed E-state index contributed by atoms with van der Waals surface area (Å²) in [5.41, 5.74) is 1.32. The van der Waals surface area contributed by atoms with Gasteiger partial charge in [-0.15, -0.1) is 0 Å². The van der Waals surface area contributed by atoms with Gasteiger partial charge in [-0.3, -0.25) is 9.59 Å². The van der Waals surface area contributed by atoms with Gasteiger partial charge in [0.05, 0.1) is 5.56 Å². The fourth-order valence-electron chi connectivity index (χ4n) is 1.64. The lowest BCUT2D eigenvalue weighted by molar-refractivity contribution is 0.0474. The fourth-order valence-corrected chi connectivity index (χ4v) is 1.64. The normalized spacial score (nSPS) is 10.6. The summed E-state index contributed by atoms with van der Waals surface area (Å²) in [6.45, 7) is -0.387. The third-order valence-corrected chi connectivity index (χ3v) is 2.81. The van der Waals surface area contributed by atoms with E-state index in [0.29, 0.717) is 11.0 Å². The highest BCUT2D eigenvalue weighted by atomic mass is 16.5. The quantitative estimate of drug-likeness (QED) is 0.358. The molecule has 2 rings (SSSR count). The lowest BCUT2D eigenvalue weighted by Crippen LogP contribution is -2.15. The van der Waals surface area contributed by atoms with E-state index >= 15 is 0 Å². The lowest BCUT2D eigenvalue weighted by atomic mass is 9.95. The van der Waals surface area contributed by atoms with E-state index in [4.69, 9.17) is 14.0 Å². The molecule has 0 aromatic heterocycles. The Morgan fingerprint density at radius 2 is 1.62 bits per heavy atom. The van der Waals surface area contributed by atoms with E-state index in [9.17, 15) is 14.4 Å². The molecule has 0 saturated heterocycles. The van der Waals surface area contributed by atoms with Crippen molar-refractivity contribution < 1.29 is 20.5 Å². The van der Waals surface area contributed by atoms with Crippen molar-refractivity contribution >= 4 is 31.3 Å². The van der Waals surface area contributed by atoms with Gasteiger partial charge in [-0.1, -0.05) is 41.9 Å². The molecule has 21 heavy (non-hydrogen) atoms.